The van der Waals surface area contributed by atoms with Crippen LogP contribution in [-0.2, 0) is 32.3 Å². The molecule has 2 aliphatic rings. The van der Waals surface area contributed by atoms with E-state index in [0.717, 1.165) is 16.4 Å². The number of nitrogens with one attached hydrogen (secondary N) is 1. The van der Waals surface area contributed by atoms with Gasteiger partial charge in [0.2, 0.25) is 11.5 Å². The highest BCUT2D eigenvalue weighted by atomic mass is 32.2. The first-order valence-corrected chi connectivity index (χ1v) is 11.9. The number of aliphatic hydroxyl groups is 1. The maximum atomic E-state index is 12.9. The molecule has 2 aromatic rings. The SMILES string of the molecule is Nc1nc(/C(=N/OCF)C(=O)N[C@@H]2C(=O)N3C(C(=O)O)=C(C[n+]4cccn4CCO)CS[C@H]23)ns1. The number of halogens is 1. The summed E-state index contributed by atoms with van der Waals surface area (Å²) in [5.41, 5.74) is 5.40. The Bertz CT molecular complexity index is 1210. The molecule has 4 rings (SSSR count). The lowest BCUT2D eigenvalue weighted by molar-refractivity contribution is -0.768. The molecule has 186 valence electrons. The van der Waals surface area contributed by atoms with E-state index in [1.54, 1.807) is 27.8 Å². The fourth-order valence-corrected chi connectivity index (χ4v) is 5.44. The van der Waals surface area contributed by atoms with Crippen LogP contribution < -0.4 is 15.7 Å². The maximum absolute atomic E-state index is 12.9. The van der Waals surface area contributed by atoms with Gasteiger partial charge in [0.1, 0.15) is 23.7 Å². The minimum absolute atomic E-state index is 0.0428. The molecular weight excluding hydrogens is 507 g/mol. The van der Waals surface area contributed by atoms with Gasteiger partial charge >= 0.3 is 5.97 Å². The van der Waals surface area contributed by atoms with Crippen LogP contribution in [0.2, 0.25) is 0 Å². The number of carboxylic acids is 1. The third-order valence-electron chi connectivity index (χ3n) is 5.14. The number of rotatable bonds is 10. The second-order valence-corrected chi connectivity index (χ2v) is 9.12. The molecule has 17 heteroatoms. The summed E-state index contributed by atoms with van der Waals surface area (Å²) in [4.78, 5) is 47.1. The number of aromatic nitrogens is 4. The number of thioether (sulfide) groups is 1. The number of hydrogen-bond donors (Lipinski definition) is 4. The fraction of sp³-hybridized carbons (Fsp3) is 0.389. The number of nitrogens with zero attached hydrogens (tertiary/aromatic N) is 6. The quantitative estimate of drug-likeness (QED) is 0.120. The Morgan fingerprint density at radius 1 is 1.46 bits per heavy atom. The van der Waals surface area contributed by atoms with Crippen molar-refractivity contribution >= 4 is 51.9 Å². The summed E-state index contributed by atoms with van der Waals surface area (Å²) < 4.78 is 19.8. The van der Waals surface area contributed by atoms with Gasteiger partial charge in [0.05, 0.1) is 12.8 Å². The molecule has 35 heavy (non-hydrogen) atoms. The topological polar surface area (TPSA) is 189 Å². The second-order valence-electron chi connectivity index (χ2n) is 7.23. The number of amides is 2. The lowest BCUT2D eigenvalue weighted by Gasteiger charge is -2.49. The first kappa shape index (κ1) is 24.6. The molecule has 0 bridgehead atoms. The van der Waals surface area contributed by atoms with Crippen LogP contribution >= 0.6 is 23.3 Å². The number of carbonyl (C=O) groups excluding carboxylic acids is 2. The van der Waals surface area contributed by atoms with Crippen molar-refractivity contribution in [1.29, 1.82) is 0 Å². The summed E-state index contributed by atoms with van der Waals surface area (Å²) >= 11 is 2.07. The predicted molar refractivity (Wildman–Crippen MR) is 119 cm³/mol. The summed E-state index contributed by atoms with van der Waals surface area (Å²) in [5.74, 6) is -2.72. The molecule has 2 atom stereocenters. The van der Waals surface area contributed by atoms with E-state index in [2.05, 4.69) is 24.7 Å². The van der Waals surface area contributed by atoms with Gasteiger partial charge in [-0.3, -0.25) is 14.5 Å². The van der Waals surface area contributed by atoms with Gasteiger partial charge in [-0.2, -0.15) is 14.0 Å². The fourth-order valence-electron chi connectivity index (χ4n) is 3.67. The lowest BCUT2D eigenvalue weighted by atomic mass is 10.0. The number of anilines is 1. The number of carbonyl (C=O) groups is 3. The number of aliphatic hydroxyl groups excluding tert-OH is 1. The van der Waals surface area contributed by atoms with E-state index < -0.39 is 41.8 Å². The van der Waals surface area contributed by atoms with Gasteiger partial charge in [0.25, 0.3) is 18.7 Å². The standard InChI is InChI=1S/C18H19FN8O6S2/c19-8-33-23-10(13-22-18(20)35-24-13)14(29)21-11-15(30)27-12(17(31)32)9(7-34-16(11)27)6-26-3-1-2-25(26)4-5-28/h1-3,11,16,28H,4-8H2,(H3-,20,21,22,24,29,31,32)/p+1/b23-10-/t11-,16-/m1/s1. The Kier molecular flexibility index (Phi) is 7.27. The number of oxime groups is 1. The number of alkyl halides is 1. The zero-order valence-corrected chi connectivity index (χ0v) is 19.5. The smallest absolute Gasteiger partial charge is 0.352 e. The summed E-state index contributed by atoms with van der Waals surface area (Å²) in [6, 6.07) is 0.702. The van der Waals surface area contributed by atoms with Gasteiger partial charge < -0.3 is 26.1 Å². The van der Waals surface area contributed by atoms with E-state index in [0.29, 0.717) is 12.1 Å². The molecule has 0 spiro atoms. The summed E-state index contributed by atoms with van der Waals surface area (Å²) in [5, 5.41) is 24.3. The molecule has 0 saturated carbocycles. The molecule has 5 N–H and O–H groups in total. The molecule has 2 aromatic heterocycles. The molecule has 0 unspecified atom stereocenters. The van der Waals surface area contributed by atoms with Gasteiger partial charge in [0, 0.05) is 28.9 Å². The van der Waals surface area contributed by atoms with E-state index >= 15 is 0 Å². The number of nitrogens with two attached hydrogens (primary N) is 1. The van der Waals surface area contributed by atoms with Crippen LogP contribution in [0.1, 0.15) is 5.82 Å². The number of nitrogen functional groups attached to an aromatic ring is 1. The first-order valence-electron chi connectivity index (χ1n) is 10.1. The lowest BCUT2D eigenvalue weighted by Crippen LogP contribution is -2.71. The molecule has 14 nitrogen and oxygen atoms in total. The second kappa shape index (κ2) is 10.4. The van der Waals surface area contributed by atoms with Crippen LogP contribution in [0.3, 0.4) is 0 Å². The van der Waals surface area contributed by atoms with E-state index in [-0.39, 0.29) is 35.6 Å². The monoisotopic (exact) mass is 527 g/mol. The Morgan fingerprint density at radius 2 is 2.26 bits per heavy atom. The minimum atomic E-state index is -1.31. The normalized spacial score (nSPS) is 19.9. The zero-order chi connectivity index (χ0) is 25.1. The predicted octanol–water partition coefficient (Wildman–Crippen LogP) is -1.71. The molecule has 0 aliphatic carbocycles. The molecule has 1 fully saturated rings. The highest BCUT2D eigenvalue weighted by Crippen LogP contribution is 2.40. The van der Waals surface area contributed by atoms with E-state index in [4.69, 9.17) is 5.73 Å². The Labute approximate surface area is 205 Å². The van der Waals surface area contributed by atoms with Crippen molar-refractivity contribution in [1.82, 2.24) is 24.3 Å². The number of carboxylic acid groups (broad SMARTS) is 1. The van der Waals surface area contributed by atoms with Gasteiger partial charge in [-0.1, -0.05) is 5.16 Å². The van der Waals surface area contributed by atoms with Crippen molar-refractivity contribution in [2.75, 3.05) is 25.0 Å². The molecule has 2 amide bonds. The summed E-state index contributed by atoms with van der Waals surface area (Å²) in [6.07, 6.45) is 3.48. The molecule has 0 radical (unpaired) electrons. The van der Waals surface area contributed by atoms with Gasteiger partial charge in [-0.05, 0) is 0 Å². The molecule has 2 aliphatic heterocycles. The number of aliphatic carboxylic acids is 1. The van der Waals surface area contributed by atoms with Crippen LogP contribution in [0.5, 0.6) is 0 Å². The van der Waals surface area contributed by atoms with Crippen LogP contribution in [0.25, 0.3) is 0 Å². The average molecular weight is 528 g/mol. The largest absolute Gasteiger partial charge is 0.477 e. The van der Waals surface area contributed by atoms with Crippen molar-refractivity contribution < 1.29 is 38.5 Å². The first-order chi connectivity index (χ1) is 16.8. The highest BCUT2D eigenvalue weighted by molar-refractivity contribution is 8.00. The highest BCUT2D eigenvalue weighted by Gasteiger charge is 2.55. The summed E-state index contributed by atoms with van der Waals surface area (Å²) in [7, 11) is 0. The Balaban J connectivity index is 1.53. The third kappa shape index (κ3) is 4.82. The maximum Gasteiger partial charge on any atom is 0.352 e. The van der Waals surface area contributed by atoms with Crippen LogP contribution in [-0.4, -0.2) is 83.3 Å². The van der Waals surface area contributed by atoms with E-state index in [9.17, 15) is 29.0 Å². The zero-order valence-electron chi connectivity index (χ0n) is 17.9. The van der Waals surface area contributed by atoms with Gasteiger partial charge in [-0.25, -0.2) is 9.18 Å². The van der Waals surface area contributed by atoms with Crippen molar-refractivity contribution in [2.45, 2.75) is 24.5 Å². The van der Waals surface area contributed by atoms with Crippen molar-refractivity contribution in [3.63, 3.8) is 0 Å². The van der Waals surface area contributed by atoms with Crippen molar-refractivity contribution in [3.8, 4) is 0 Å². The molecular formula is C18H20FN8O6S2+. The molecule has 4 heterocycles. The van der Waals surface area contributed by atoms with Gasteiger partial charge in [0.15, 0.2) is 17.9 Å². The number of fused-ring (bicyclic) bond motifs is 1. The average Bonchev–Trinajstić information content (AvgIpc) is 3.46. The van der Waals surface area contributed by atoms with E-state index in [1.807, 2.05) is 0 Å². The number of β-lactam (4-membered cyclic amide) rings is 1. The minimum Gasteiger partial charge on any atom is -0.477 e. The molecule has 1 saturated heterocycles. The Morgan fingerprint density at radius 3 is 2.91 bits per heavy atom. The Hall–Kier alpha value is -3.57. The molecule has 0 aromatic carbocycles. The number of hydrogen-bond acceptors (Lipinski definition) is 11. The van der Waals surface area contributed by atoms with E-state index in [1.165, 1.54) is 11.8 Å². The van der Waals surface area contributed by atoms with Crippen LogP contribution in [0.4, 0.5) is 9.52 Å². The van der Waals surface area contributed by atoms with Gasteiger partial charge in [-0.15, -0.1) is 16.4 Å². The summed E-state index contributed by atoms with van der Waals surface area (Å²) in [6.45, 7) is -0.874. The van der Waals surface area contributed by atoms with Crippen molar-refractivity contribution in [2.24, 2.45) is 5.16 Å². The van der Waals surface area contributed by atoms with Crippen LogP contribution in [0, 0.1) is 0 Å². The van der Waals surface area contributed by atoms with Crippen LogP contribution in [0.15, 0.2) is 34.9 Å². The third-order valence-corrected chi connectivity index (χ3v) is 7.02. The van der Waals surface area contributed by atoms with Crippen molar-refractivity contribution in [3.05, 3.63) is 35.6 Å².